The topological polar surface area (TPSA) is 58.6 Å². The minimum atomic E-state index is -0.888. The lowest BCUT2D eigenvalue weighted by Crippen LogP contribution is -2.18. The van der Waals surface area contributed by atoms with E-state index < -0.39 is 17.7 Å². The largest absolute Gasteiger partial charge is 0.505 e. The molecule has 5 heteroatoms. The van der Waals surface area contributed by atoms with Gasteiger partial charge in [0.05, 0.1) is 5.69 Å². The second-order valence-electron chi connectivity index (χ2n) is 6.09. The van der Waals surface area contributed by atoms with Gasteiger partial charge in [0.1, 0.15) is 6.61 Å². The summed E-state index contributed by atoms with van der Waals surface area (Å²) in [5, 5.41) is 11.7. The second kappa shape index (κ2) is 6.52. The third-order valence-electron chi connectivity index (χ3n) is 4.56. The number of rotatable bonds is 3. The first-order valence-corrected chi connectivity index (χ1v) is 8.24. The van der Waals surface area contributed by atoms with Crippen molar-refractivity contribution in [1.82, 2.24) is 0 Å². The Labute approximate surface area is 149 Å². The van der Waals surface area contributed by atoms with Crippen molar-refractivity contribution in [1.29, 1.82) is 0 Å². The Hall–Kier alpha value is -3.34. The standard InChI is InChI=1S/C21H16FNO3/c22-20-18(10-5-11-19(20)24)23-21(25)26-12-17-15-8-3-1-6-13(15)14-7-2-4-9-16(14)17/h1-11,17,24H,12H2,(H,23,25). The molecular formula is C21H16FNO3. The first-order valence-electron chi connectivity index (χ1n) is 8.24. The quantitative estimate of drug-likeness (QED) is 0.708. The summed E-state index contributed by atoms with van der Waals surface area (Å²) in [6, 6.07) is 20.0. The van der Waals surface area contributed by atoms with Gasteiger partial charge < -0.3 is 9.84 Å². The number of anilines is 1. The van der Waals surface area contributed by atoms with Crippen LogP contribution >= 0.6 is 0 Å². The SMILES string of the molecule is O=C(Nc1cccc(O)c1F)OCC1c2ccccc2-c2ccccc21. The number of phenols is 1. The smallest absolute Gasteiger partial charge is 0.411 e. The summed E-state index contributed by atoms with van der Waals surface area (Å²) in [6.45, 7) is 0.139. The number of phenolic OH excluding ortho intramolecular Hbond substituents is 1. The summed E-state index contributed by atoms with van der Waals surface area (Å²) < 4.78 is 19.1. The highest BCUT2D eigenvalue weighted by Gasteiger charge is 2.29. The van der Waals surface area contributed by atoms with Crippen molar-refractivity contribution in [2.45, 2.75) is 5.92 Å². The van der Waals surface area contributed by atoms with Gasteiger partial charge in [-0.3, -0.25) is 5.32 Å². The lowest BCUT2D eigenvalue weighted by molar-refractivity contribution is 0.158. The van der Waals surface area contributed by atoms with E-state index in [0.29, 0.717) is 0 Å². The summed E-state index contributed by atoms with van der Waals surface area (Å²) in [6.07, 6.45) is -0.767. The van der Waals surface area contributed by atoms with Crippen molar-refractivity contribution in [3.63, 3.8) is 0 Å². The molecule has 4 rings (SSSR count). The summed E-state index contributed by atoms with van der Waals surface area (Å²) >= 11 is 0. The summed E-state index contributed by atoms with van der Waals surface area (Å²) in [5.74, 6) is -1.48. The van der Waals surface area contributed by atoms with Crippen LogP contribution in [0.1, 0.15) is 17.0 Å². The van der Waals surface area contributed by atoms with Crippen LogP contribution in [0.15, 0.2) is 66.7 Å². The van der Waals surface area contributed by atoms with E-state index in [4.69, 9.17) is 4.74 Å². The van der Waals surface area contributed by atoms with Crippen molar-refractivity contribution in [3.8, 4) is 16.9 Å². The predicted octanol–water partition coefficient (Wildman–Crippen LogP) is 4.89. The van der Waals surface area contributed by atoms with Gasteiger partial charge in [0.2, 0.25) is 0 Å². The number of hydrogen-bond donors (Lipinski definition) is 2. The number of carbonyl (C=O) groups is 1. The van der Waals surface area contributed by atoms with E-state index in [1.807, 2.05) is 36.4 Å². The molecule has 3 aromatic rings. The summed E-state index contributed by atoms with van der Waals surface area (Å²) in [5.41, 5.74) is 4.35. The average molecular weight is 349 g/mol. The van der Waals surface area contributed by atoms with Gasteiger partial charge in [0.15, 0.2) is 11.6 Å². The van der Waals surface area contributed by atoms with Gasteiger partial charge in [-0.25, -0.2) is 9.18 Å². The number of aromatic hydroxyl groups is 1. The molecular weight excluding hydrogens is 333 g/mol. The minimum absolute atomic E-state index is 0.0674. The lowest BCUT2D eigenvalue weighted by Gasteiger charge is -2.15. The Balaban J connectivity index is 1.51. The van der Waals surface area contributed by atoms with Crippen LogP contribution in [0.4, 0.5) is 14.9 Å². The Morgan fingerprint density at radius 3 is 2.23 bits per heavy atom. The third-order valence-corrected chi connectivity index (χ3v) is 4.56. The maximum absolute atomic E-state index is 13.8. The summed E-state index contributed by atoms with van der Waals surface area (Å²) in [7, 11) is 0. The highest BCUT2D eigenvalue weighted by molar-refractivity contribution is 5.85. The van der Waals surface area contributed by atoms with Crippen molar-refractivity contribution in [2.24, 2.45) is 0 Å². The number of ether oxygens (including phenoxy) is 1. The highest BCUT2D eigenvalue weighted by atomic mass is 19.1. The molecule has 0 aliphatic heterocycles. The van der Waals surface area contributed by atoms with E-state index in [9.17, 15) is 14.3 Å². The fourth-order valence-electron chi connectivity index (χ4n) is 3.36. The molecule has 0 atom stereocenters. The monoisotopic (exact) mass is 349 g/mol. The maximum atomic E-state index is 13.8. The molecule has 2 N–H and O–H groups in total. The molecule has 0 radical (unpaired) electrons. The lowest BCUT2D eigenvalue weighted by atomic mass is 9.98. The molecule has 0 aromatic heterocycles. The van der Waals surface area contributed by atoms with E-state index in [1.54, 1.807) is 0 Å². The van der Waals surface area contributed by atoms with Crippen LogP contribution in [0.25, 0.3) is 11.1 Å². The molecule has 3 aromatic carbocycles. The second-order valence-corrected chi connectivity index (χ2v) is 6.09. The third kappa shape index (κ3) is 2.77. The highest BCUT2D eigenvalue weighted by Crippen LogP contribution is 2.44. The predicted molar refractivity (Wildman–Crippen MR) is 96.8 cm³/mol. The number of amides is 1. The molecule has 0 unspecified atom stereocenters. The molecule has 0 fully saturated rings. The van der Waals surface area contributed by atoms with Crippen molar-refractivity contribution in [2.75, 3.05) is 11.9 Å². The molecule has 0 saturated carbocycles. The maximum Gasteiger partial charge on any atom is 0.411 e. The van der Waals surface area contributed by atoms with Crippen molar-refractivity contribution in [3.05, 3.63) is 83.7 Å². The molecule has 0 saturated heterocycles. The van der Waals surface area contributed by atoms with Crippen LogP contribution in [0, 0.1) is 5.82 Å². The zero-order valence-corrected chi connectivity index (χ0v) is 13.8. The minimum Gasteiger partial charge on any atom is -0.505 e. The van der Waals surface area contributed by atoms with Gasteiger partial charge in [-0.05, 0) is 34.4 Å². The fraction of sp³-hybridized carbons (Fsp3) is 0.0952. The van der Waals surface area contributed by atoms with E-state index >= 15 is 0 Å². The fourth-order valence-corrected chi connectivity index (χ4v) is 3.36. The molecule has 26 heavy (non-hydrogen) atoms. The average Bonchev–Trinajstić information content (AvgIpc) is 2.98. The number of carbonyl (C=O) groups excluding carboxylic acids is 1. The molecule has 4 nitrogen and oxygen atoms in total. The van der Waals surface area contributed by atoms with E-state index in [1.165, 1.54) is 18.2 Å². The molecule has 0 spiro atoms. The molecule has 0 bridgehead atoms. The van der Waals surface area contributed by atoms with E-state index in [-0.39, 0.29) is 18.2 Å². The molecule has 1 amide bonds. The van der Waals surface area contributed by atoms with Gasteiger partial charge in [0.25, 0.3) is 0 Å². The first kappa shape index (κ1) is 16.1. The number of fused-ring (bicyclic) bond motifs is 3. The number of halogens is 1. The Morgan fingerprint density at radius 2 is 1.58 bits per heavy atom. The van der Waals surface area contributed by atoms with Gasteiger partial charge in [0, 0.05) is 5.92 Å². The van der Waals surface area contributed by atoms with Gasteiger partial charge in [-0.1, -0.05) is 54.6 Å². The van der Waals surface area contributed by atoms with Crippen LogP contribution < -0.4 is 5.32 Å². The number of hydrogen-bond acceptors (Lipinski definition) is 3. The normalized spacial score (nSPS) is 12.3. The number of nitrogens with one attached hydrogen (secondary N) is 1. The zero-order valence-electron chi connectivity index (χ0n) is 13.8. The summed E-state index contributed by atoms with van der Waals surface area (Å²) in [4.78, 5) is 12.1. The Bertz CT molecular complexity index is 941. The molecule has 130 valence electrons. The Morgan fingerprint density at radius 1 is 0.962 bits per heavy atom. The van der Waals surface area contributed by atoms with Gasteiger partial charge in [-0.15, -0.1) is 0 Å². The van der Waals surface area contributed by atoms with Crippen molar-refractivity contribution < 1.29 is 19.0 Å². The van der Waals surface area contributed by atoms with Crippen LogP contribution in [0.2, 0.25) is 0 Å². The molecule has 1 aliphatic carbocycles. The van der Waals surface area contributed by atoms with Crippen LogP contribution in [0.5, 0.6) is 5.75 Å². The Kier molecular flexibility index (Phi) is 4.05. The molecule has 0 heterocycles. The van der Waals surface area contributed by atoms with Crippen LogP contribution in [0.3, 0.4) is 0 Å². The van der Waals surface area contributed by atoms with Crippen molar-refractivity contribution >= 4 is 11.8 Å². The molecule has 1 aliphatic rings. The number of benzene rings is 3. The first-order chi connectivity index (χ1) is 12.6. The van der Waals surface area contributed by atoms with Gasteiger partial charge in [-0.2, -0.15) is 0 Å². The van der Waals surface area contributed by atoms with Crippen LogP contribution in [-0.4, -0.2) is 17.8 Å². The van der Waals surface area contributed by atoms with E-state index in [2.05, 4.69) is 17.4 Å². The van der Waals surface area contributed by atoms with Gasteiger partial charge >= 0.3 is 6.09 Å². The van der Waals surface area contributed by atoms with Crippen LogP contribution in [-0.2, 0) is 4.74 Å². The zero-order chi connectivity index (χ0) is 18.1. The van der Waals surface area contributed by atoms with E-state index in [0.717, 1.165) is 22.3 Å².